The number of hydrogen-bond donors (Lipinski definition) is 1. The fourth-order valence-electron chi connectivity index (χ4n) is 0. The number of hydrogen-bond acceptors (Lipinski definition) is 1. The summed E-state index contributed by atoms with van der Waals surface area (Å²) in [6, 6.07) is 0. The van der Waals surface area contributed by atoms with Crippen molar-refractivity contribution < 1.29 is 4.79 Å². The first-order valence-electron chi connectivity index (χ1n) is 0.846. The zero-order chi connectivity index (χ0) is 3.58. The van der Waals surface area contributed by atoms with Crippen LogP contribution in [-0.2, 0) is 4.79 Å². The molecular weight excluding hydrogens is 54.0 g/mol. The van der Waals surface area contributed by atoms with E-state index in [1.165, 1.54) is 0 Å². The minimum absolute atomic E-state index is 0.583. The van der Waals surface area contributed by atoms with Crippen LogP contribution in [0.4, 0.5) is 0 Å². The lowest BCUT2D eigenvalue weighted by atomic mass is 10.8. The molecule has 0 aliphatic heterocycles. The summed E-state index contributed by atoms with van der Waals surface area (Å²) in [7, 11) is 0. The van der Waals surface area contributed by atoms with Crippen LogP contribution in [0.1, 0.15) is 0 Å². The molecule has 0 unspecified atom stereocenters. The minimum Gasteiger partial charge on any atom is -0.330 e. The first-order valence-corrected chi connectivity index (χ1v) is 0.846. The summed E-state index contributed by atoms with van der Waals surface area (Å²) in [6.07, 6.45) is 0. The van der Waals surface area contributed by atoms with Gasteiger partial charge in [0.05, 0.1) is 0 Å². The smallest absolute Gasteiger partial charge is 0.330 e. The molecule has 0 aliphatic rings. The molecule has 0 saturated carbocycles. The van der Waals surface area contributed by atoms with E-state index in [1.807, 2.05) is 0 Å². The Morgan fingerprint density at radius 1 is 2.00 bits per heavy atom. The van der Waals surface area contributed by atoms with E-state index < -0.39 is 5.91 Å². The van der Waals surface area contributed by atoms with E-state index in [9.17, 15) is 0 Å². The summed E-state index contributed by atoms with van der Waals surface area (Å²) in [5.41, 5.74) is 4.36. The van der Waals surface area contributed by atoms with Crippen molar-refractivity contribution in [3.63, 3.8) is 0 Å². The average molecular weight is 58.1 g/mol. The number of carbonyl (C=O) groups excluding carboxylic acids is 1. The molecule has 0 fully saturated rings. The molecule has 0 radical (unpaired) electrons. The summed E-state index contributed by atoms with van der Waals surface area (Å²) < 4.78 is 0. The second-order valence-corrected chi connectivity index (χ2v) is 0.466. The molecule has 0 heterocycles. The Labute approximate surface area is 24.6 Å². The van der Waals surface area contributed by atoms with Gasteiger partial charge in [0.25, 0.3) is 0 Å². The highest BCUT2D eigenvalue weighted by Gasteiger charge is 1.76. The third kappa shape index (κ3) is 0.356. The molecule has 0 aliphatic carbocycles. The third-order valence-electron chi connectivity index (χ3n) is 0. The Morgan fingerprint density at radius 3 is 2.00 bits per heavy atom. The highest BCUT2D eigenvalue weighted by Crippen LogP contribution is 1.31. The molecule has 0 saturated heterocycles. The van der Waals surface area contributed by atoms with Crippen LogP contribution >= 0.6 is 0 Å². The Bertz CT molecular complexity index is 29.0. The maximum atomic E-state index is 9.11. The zero-order valence-electron chi connectivity index (χ0n) is 2.19. The standard InChI is InChI=1S/C2H3NO/c1-2(3)4/h1H2,(H-,3,4)/p+1. The molecule has 0 aromatic heterocycles. The summed E-state index contributed by atoms with van der Waals surface area (Å²) in [5.74, 6) is -0.583. The predicted molar refractivity (Wildman–Crippen MR) is 14.6 cm³/mol. The normalized spacial score (nSPS) is 6.00. The first-order chi connectivity index (χ1) is 1.73. The molecule has 0 atom stereocenters. The molecule has 2 heteroatoms. The van der Waals surface area contributed by atoms with Crippen LogP contribution in [0.5, 0.6) is 0 Å². The Kier molecular flexibility index (Phi) is 0.641. The van der Waals surface area contributed by atoms with Crippen LogP contribution in [0.25, 0.3) is 0 Å². The van der Waals surface area contributed by atoms with Crippen LogP contribution in [0, 0.1) is 6.92 Å². The molecular formula is C2H4NO+. The molecule has 2 nitrogen and oxygen atoms in total. The monoisotopic (exact) mass is 58.0 g/mol. The summed E-state index contributed by atoms with van der Waals surface area (Å²) in [4.78, 5) is 9.11. The van der Waals surface area contributed by atoms with Gasteiger partial charge < -0.3 is 5.73 Å². The van der Waals surface area contributed by atoms with Gasteiger partial charge in [0.2, 0.25) is 0 Å². The van der Waals surface area contributed by atoms with E-state index in [0.29, 0.717) is 0 Å². The molecule has 2 N–H and O–H groups in total. The van der Waals surface area contributed by atoms with Gasteiger partial charge in [-0.05, 0) is 0 Å². The largest absolute Gasteiger partial charge is 0.396 e. The maximum absolute atomic E-state index is 9.11. The molecule has 1 amide bonds. The van der Waals surface area contributed by atoms with Crippen molar-refractivity contribution >= 4 is 5.91 Å². The van der Waals surface area contributed by atoms with Crippen molar-refractivity contribution in [3.8, 4) is 0 Å². The van der Waals surface area contributed by atoms with Crippen molar-refractivity contribution in [3.05, 3.63) is 6.92 Å². The Hall–Kier alpha value is -0.660. The quantitative estimate of drug-likeness (QED) is 0.368. The summed E-state index contributed by atoms with van der Waals surface area (Å²) >= 11 is 0. The van der Waals surface area contributed by atoms with Crippen molar-refractivity contribution in [1.82, 2.24) is 0 Å². The molecule has 0 rings (SSSR count). The lowest BCUT2D eigenvalue weighted by Crippen LogP contribution is -2.02. The van der Waals surface area contributed by atoms with Gasteiger partial charge in [-0.2, -0.15) is 0 Å². The van der Waals surface area contributed by atoms with Crippen molar-refractivity contribution in [2.45, 2.75) is 0 Å². The van der Waals surface area contributed by atoms with Gasteiger partial charge in [-0.15, -0.1) is 0 Å². The van der Waals surface area contributed by atoms with E-state index in [1.54, 1.807) is 0 Å². The Balaban J connectivity index is 2.80. The molecule has 0 aromatic rings. The van der Waals surface area contributed by atoms with Crippen LogP contribution in [0.15, 0.2) is 0 Å². The second kappa shape index (κ2) is 0.767. The summed E-state index contributed by atoms with van der Waals surface area (Å²) in [5, 5.41) is 0. The van der Waals surface area contributed by atoms with Crippen LogP contribution in [0.3, 0.4) is 0 Å². The van der Waals surface area contributed by atoms with Gasteiger partial charge >= 0.3 is 5.91 Å². The summed E-state index contributed by atoms with van der Waals surface area (Å²) in [6.45, 7) is 2.78. The molecule has 22 valence electrons. The molecule has 0 spiro atoms. The average Bonchev–Trinajstić information content (AvgIpc) is 0.811. The van der Waals surface area contributed by atoms with Crippen molar-refractivity contribution in [2.75, 3.05) is 0 Å². The minimum atomic E-state index is -0.583. The number of rotatable bonds is 0. The highest BCUT2D eigenvalue weighted by molar-refractivity contribution is 5.77. The van der Waals surface area contributed by atoms with Gasteiger partial charge in [-0.1, -0.05) is 0 Å². The highest BCUT2D eigenvalue weighted by atomic mass is 16.1. The van der Waals surface area contributed by atoms with Crippen LogP contribution in [0.2, 0.25) is 0 Å². The topological polar surface area (TPSA) is 43.1 Å². The van der Waals surface area contributed by atoms with Crippen molar-refractivity contribution in [1.29, 1.82) is 0 Å². The zero-order valence-corrected chi connectivity index (χ0v) is 2.19. The SMILES string of the molecule is [CH2+]C(N)=O. The lowest BCUT2D eigenvalue weighted by molar-refractivity contribution is -0.113. The van der Waals surface area contributed by atoms with E-state index in [2.05, 4.69) is 12.7 Å². The van der Waals surface area contributed by atoms with Gasteiger partial charge in [-0.25, -0.2) is 4.79 Å². The molecule has 0 bridgehead atoms. The van der Waals surface area contributed by atoms with Gasteiger partial charge in [0, 0.05) is 0 Å². The van der Waals surface area contributed by atoms with E-state index >= 15 is 0 Å². The fourth-order valence-corrected chi connectivity index (χ4v) is 0. The number of primary amides is 1. The Morgan fingerprint density at radius 2 is 2.00 bits per heavy atom. The van der Waals surface area contributed by atoms with Gasteiger partial charge in [-0.3, -0.25) is 0 Å². The van der Waals surface area contributed by atoms with Gasteiger partial charge in [0.15, 0.2) is 6.92 Å². The fraction of sp³-hybridized carbons (Fsp3) is 0. The number of carbonyl (C=O) groups is 1. The van der Waals surface area contributed by atoms with Crippen LogP contribution < -0.4 is 5.73 Å². The van der Waals surface area contributed by atoms with E-state index in [-0.39, 0.29) is 0 Å². The van der Waals surface area contributed by atoms with E-state index in [0.717, 1.165) is 0 Å². The third-order valence-corrected chi connectivity index (χ3v) is 0. The first kappa shape index (κ1) is 3.34. The second-order valence-electron chi connectivity index (χ2n) is 0.466. The molecule has 0 aromatic carbocycles. The predicted octanol–water partition coefficient (Wildman–Crippen LogP) is -0.694. The van der Waals surface area contributed by atoms with Crippen molar-refractivity contribution in [2.24, 2.45) is 5.73 Å². The maximum Gasteiger partial charge on any atom is 0.396 e. The molecule has 4 heavy (non-hydrogen) atoms. The van der Waals surface area contributed by atoms with Crippen LogP contribution in [-0.4, -0.2) is 5.91 Å². The van der Waals surface area contributed by atoms with E-state index in [4.69, 9.17) is 4.79 Å². The number of nitrogens with two attached hydrogens (primary N) is 1. The van der Waals surface area contributed by atoms with Gasteiger partial charge in [0.1, 0.15) is 0 Å². The lowest BCUT2D eigenvalue weighted by Gasteiger charge is -1.48. The number of amides is 1.